The zero-order valence-electron chi connectivity index (χ0n) is 13.7. The molecular weight excluding hydrogens is 328 g/mol. The van der Waals surface area contributed by atoms with E-state index in [2.05, 4.69) is 9.97 Å². The molecule has 0 unspecified atom stereocenters. The van der Waals surface area contributed by atoms with Gasteiger partial charge < -0.3 is 15.1 Å². The first-order valence-electron chi connectivity index (χ1n) is 8.30. The molecule has 126 valence electrons. The van der Waals surface area contributed by atoms with Crippen molar-refractivity contribution in [3.8, 4) is 0 Å². The first kappa shape index (κ1) is 14.9. The molecule has 0 aliphatic heterocycles. The van der Waals surface area contributed by atoms with E-state index in [0.717, 1.165) is 5.52 Å². The van der Waals surface area contributed by atoms with Crippen LogP contribution < -0.4 is 10.9 Å². The van der Waals surface area contributed by atoms with Crippen molar-refractivity contribution < 1.29 is 5.11 Å². The molecule has 2 heterocycles. The summed E-state index contributed by atoms with van der Waals surface area (Å²) in [4.78, 5) is 32.3. The number of aliphatic hydroxyl groups is 1. The van der Waals surface area contributed by atoms with Gasteiger partial charge in [0.25, 0.3) is 0 Å². The average molecular weight is 342 g/mol. The highest BCUT2D eigenvalue weighted by molar-refractivity contribution is 6.03. The number of aromatic nitrogens is 2. The second kappa shape index (κ2) is 5.28. The Bertz CT molecular complexity index is 1460. The van der Waals surface area contributed by atoms with Crippen LogP contribution in [-0.2, 0) is 6.61 Å². The predicted molar refractivity (Wildman–Crippen MR) is 104 cm³/mol. The van der Waals surface area contributed by atoms with Gasteiger partial charge in [0, 0.05) is 21.7 Å². The fraction of sp³-hybridized carbons (Fsp3) is 0.0476. The molecule has 0 fully saturated rings. The summed E-state index contributed by atoms with van der Waals surface area (Å²) in [5.74, 6) is 0. The Balaban J connectivity index is 2.01. The molecule has 0 saturated heterocycles. The van der Waals surface area contributed by atoms with Crippen LogP contribution in [0.15, 0.2) is 64.2 Å². The first-order valence-corrected chi connectivity index (χ1v) is 8.30. The molecule has 26 heavy (non-hydrogen) atoms. The number of fused-ring (bicyclic) bond motifs is 4. The summed E-state index contributed by atoms with van der Waals surface area (Å²) in [5, 5.41) is 11.7. The molecule has 0 aliphatic carbocycles. The number of nitrogens with one attached hydrogen (secondary N) is 2. The van der Waals surface area contributed by atoms with Crippen molar-refractivity contribution >= 4 is 43.6 Å². The lowest BCUT2D eigenvalue weighted by Gasteiger charge is -2.08. The van der Waals surface area contributed by atoms with Gasteiger partial charge in [-0.1, -0.05) is 24.3 Å². The van der Waals surface area contributed by atoms with Gasteiger partial charge in [0.15, 0.2) is 10.9 Å². The van der Waals surface area contributed by atoms with Crippen LogP contribution in [0.3, 0.4) is 0 Å². The van der Waals surface area contributed by atoms with Crippen molar-refractivity contribution in [2.24, 2.45) is 0 Å². The van der Waals surface area contributed by atoms with E-state index in [0.29, 0.717) is 43.7 Å². The molecule has 0 spiro atoms. The Morgan fingerprint density at radius 1 is 0.692 bits per heavy atom. The van der Waals surface area contributed by atoms with Crippen molar-refractivity contribution in [3.05, 3.63) is 80.6 Å². The van der Waals surface area contributed by atoms with Crippen LogP contribution in [0.25, 0.3) is 43.6 Å². The fourth-order valence-electron chi connectivity index (χ4n) is 3.65. The second-order valence-corrected chi connectivity index (χ2v) is 6.40. The number of hydrogen-bond donors (Lipinski definition) is 3. The molecule has 0 amide bonds. The van der Waals surface area contributed by atoms with Crippen molar-refractivity contribution in [1.29, 1.82) is 0 Å². The maximum Gasteiger partial charge on any atom is 0.197 e. The predicted octanol–water partition coefficient (Wildman–Crippen LogP) is 3.17. The zero-order valence-corrected chi connectivity index (χ0v) is 13.7. The second-order valence-electron chi connectivity index (χ2n) is 6.40. The van der Waals surface area contributed by atoms with Crippen LogP contribution in [0.2, 0.25) is 0 Å². The normalized spacial score (nSPS) is 11.7. The SMILES string of the molecule is O=c1c2ccccc2[nH]c2cc3c(=O)c4c(CO)cccc4[nH]c3cc12. The molecule has 0 atom stereocenters. The third-order valence-corrected chi connectivity index (χ3v) is 4.91. The molecule has 5 rings (SSSR count). The molecule has 2 aromatic heterocycles. The Morgan fingerprint density at radius 2 is 1.35 bits per heavy atom. The van der Waals surface area contributed by atoms with E-state index in [1.54, 1.807) is 36.4 Å². The summed E-state index contributed by atoms with van der Waals surface area (Å²) in [6.45, 7) is -0.207. The van der Waals surface area contributed by atoms with Crippen molar-refractivity contribution in [2.45, 2.75) is 6.61 Å². The molecule has 5 nitrogen and oxygen atoms in total. The van der Waals surface area contributed by atoms with Crippen LogP contribution in [-0.4, -0.2) is 15.1 Å². The molecule has 3 aromatic carbocycles. The molecule has 0 bridgehead atoms. The monoisotopic (exact) mass is 342 g/mol. The quantitative estimate of drug-likeness (QED) is 0.409. The lowest BCUT2D eigenvalue weighted by Crippen LogP contribution is -2.09. The molecule has 5 heteroatoms. The van der Waals surface area contributed by atoms with E-state index in [9.17, 15) is 14.7 Å². The summed E-state index contributed by atoms with van der Waals surface area (Å²) in [7, 11) is 0. The smallest absolute Gasteiger partial charge is 0.197 e. The number of H-pyrrole nitrogens is 2. The van der Waals surface area contributed by atoms with Crippen LogP contribution >= 0.6 is 0 Å². The maximum absolute atomic E-state index is 13.0. The van der Waals surface area contributed by atoms with E-state index in [4.69, 9.17) is 0 Å². The Morgan fingerprint density at radius 3 is 2.12 bits per heavy atom. The highest BCUT2D eigenvalue weighted by atomic mass is 16.3. The molecule has 0 saturated carbocycles. The van der Waals surface area contributed by atoms with Gasteiger partial charge in [0.05, 0.1) is 28.5 Å². The van der Waals surface area contributed by atoms with Crippen LogP contribution in [0.4, 0.5) is 0 Å². The molecule has 0 aliphatic rings. The number of aromatic amines is 2. The van der Waals surface area contributed by atoms with Gasteiger partial charge in [-0.05, 0) is 35.9 Å². The van der Waals surface area contributed by atoms with Gasteiger partial charge in [-0.2, -0.15) is 0 Å². The summed E-state index contributed by atoms with van der Waals surface area (Å²) in [6.07, 6.45) is 0. The number of benzene rings is 3. The minimum Gasteiger partial charge on any atom is -0.392 e. The third kappa shape index (κ3) is 1.95. The van der Waals surface area contributed by atoms with Gasteiger partial charge >= 0.3 is 0 Å². The third-order valence-electron chi connectivity index (χ3n) is 4.91. The number of hydrogen-bond acceptors (Lipinski definition) is 3. The van der Waals surface area contributed by atoms with Crippen molar-refractivity contribution in [1.82, 2.24) is 9.97 Å². The van der Waals surface area contributed by atoms with Gasteiger partial charge in [-0.3, -0.25) is 9.59 Å². The topological polar surface area (TPSA) is 85.9 Å². The van der Waals surface area contributed by atoms with Crippen LogP contribution in [0.5, 0.6) is 0 Å². The van der Waals surface area contributed by atoms with Crippen LogP contribution in [0, 0.1) is 0 Å². The fourth-order valence-corrected chi connectivity index (χ4v) is 3.65. The highest BCUT2D eigenvalue weighted by Crippen LogP contribution is 2.22. The Labute approximate surface area is 146 Å². The van der Waals surface area contributed by atoms with E-state index >= 15 is 0 Å². The highest BCUT2D eigenvalue weighted by Gasteiger charge is 2.12. The summed E-state index contributed by atoms with van der Waals surface area (Å²) < 4.78 is 0. The minimum atomic E-state index is -0.207. The average Bonchev–Trinajstić information content (AvgIpc) is 2.67. The Kier molecular flexibility index (Phi) is 3.02. The standard InChI is InChI=1S/C21H14N2O3/c24-10-11-4-3-7-16-19(11)21(26)14-9-17-13(8-18(14)23-16)20(25)12-5-1-2-6-15(12)22-17/h1-9,24H,10H2,(H,22,25)(H,23,26). The number of para-hydroxylation sites is 1. The molecule has 0 radical (unpaired) electrons. The van der Waals surface area contributed by atoms with Gasteiger partial charge in [-0.25, -0.2) is 0 Å². The lowest BCUT2D eigenvalue weighted by molar-refractivity contribution is 0.283. The zero-order chi connectivity index (χ0) is 17.8. The Hall–Kier alpha value is -3.44. The molecule has 3 N–H and O–H groups in total. The van der Waals surface area contributed by atoms with Gasteiger partial charge in [0.1, 0.15) is 0 Å². The molecular formula is C21H14N2O3. The van der Waals surface area contributed by atoms with E-state index in [1.165, 1.54) is 0 Å². The van der Waals surface area contributed by atoms with Crippen LogP contribution in [0.1, 0.15) is 5.56 Å². The van der Waals surface area contributed by atoms with E-state index < -0.39 is 0 Å². The van der Waals surface area contributed by atoms with Crippen molar-refractivity contribution in [2.75, 3.05) is 0 Å². The lowest BCUT2D eigenvalue weighted by atomic mass is 10.0. The number of rotatable bonds is 1. The van der Waals surface area contributed by atoms with Crippen molar-refractivity contribution in [3.63, 3.8) is 0 Å². The minimum absolute atomic E-state index is 0.0682. The van der Waals surface area contributed by atoms with E-state index in [1.807, 2.05) is 18.2 Å². The van der Waals surface area contributed by atoms with Gasteiger partial charge in [-0.15, -0.1) is 0 Å². The summed E-state index contributed by atoms with van der Waals surface area (Å²) in [6, 6.07) is 16.1. The summed E-state index contributed by atoms with van der Waals surface area (Å²) >= 11 is 0. The maximum atomic E-state index is 13.0. The number of pyridine rings is 2. The van der Waals surface area contributed by atoms with E-state index in [-0.39, 0.29) is 17.5 Å². The first-order chi connectivity index (χ1) is 12.7. The van der Waals surface area contributed by atoms with Gasteiger partial charge in [0.2, 0.25) is 0 Å². The largest absolute Gasteiger partial charge is 0.392 e. The number of aliphatic hydroxyl groups excluding tert-OH is 1. The summed E-state index contributed by atoms with van der Waals surface area (Å²) in [5.41, 5.74) is 2.95. The molecule has 5 aromatic rings.